The summed E-state index contributed by atoms with van der Waals surface area (Å²) in [5, 5.41) is 9.53. The predicted octanol–water partition coefficient (Wildman–Crippen LogP) is 4.59. The second-order valence-electron chi connectivity index (χ2n) is 3.48. The van der Waals surface area contributed by atoms with E-state index in [0.29, 0.717) is 15.2 Å². The van der Waals surface area contributed by atoms with E-state index >= 15 is 0 Å². The van der Waals surface area contributed by atoms with Crippen molar-refractivity contribution in [3.63, 3.8) is 0 Å². The number of carboxylic acids is 1. The third kappa shape index (κ3) is 2.83. The molecular formula is C13H8BrClO3. The highest BCUT2D eigenvalue weighted by Gasteiger charge is 2.13. The van der Waals surface area contributed by atoms with Crippen molar-refractivity contribution in [1.82, 2.24) is 0 Å². The van der Waals surface area contributed by atoms with Crippen LogP contribution in [0.5, 0.6) is 11.5 Å². The molecule has 0 bridgehead atoms. The Balaban J connectivity index is 2.41. The van der Waals surface area contributed by atoms with Gasteiger partial charge in [-0.3, -0.25) is 0 Å². The van der Waals surface area contributed by atoms with Gasteiger partial charge < -0.3 is 9.84 Å². The molecule has 1 N–H and O–H groups in total. The fourth-order valence-electron chi connectivity index (χ4n) is 1.40. The predicted molar refractivity (Wildman–Crippen MR) is 72.6 cm³/mol. The van der Waals surface area contributed by atoms with Crippen molar-refractivity contribution in [2.75, 3.05) is 0 Å². The van der Waals surface area contributed by atoms with Gasteiger partial charge in [0.15, 0.2) is 0 Å². The van der Waals surface area contributed by atoms with E-state index in [1.54, 1.807) is 36.4 Å². The third-order valence-electron chi connectivity index (χ3n) is 2.23. The SMILES string of the molecule is O=C(O)c1cc(Br)ccc1Oc1ccccc1Cl. The van der Waals surface area contributed by atoms with Gasteiger partial charge in [-0.1, -0.05) is 39.7 Å². The molecule has 0 aromatic heterocycles. The quantitative estimate of drug-likeness (QED) is 0.896. The van der Waals surface area contributed by atoms with Crippen molar-refractivity contribution in [1.29, 1.82) is 0 Å². The molecule has 0 unspecified atom stereocenters. The average molecular weight is 328 g/mol. The standard InChI is InChI=1S/C13H8BrClO3/c14-8-5-6-11(9(7-8)13(16)17)18-12-4-2-1-3-10(12)15/h1-7H,(H,16,17). The molecule has 18 heavy (non-hydrogen) atoms. The Labute approximate surface area is 117 Å². The van der Waals surface area contributed by atoms with Crippen LogP contribution < -0.4 is 4.74 Å². The van der Waals surface area contributed by atoms with Crippen molar-refractivity contribution in [2.24, 2.45) is 0 Å². The van der Waals surface area contributed by atoms with Gasteiger partial charge in [0.25, 0.3) is 0 Å². The second-order valence-corrected chi connectivity index (χ2v) is 4.80. The van der Waals surface area contributed by atoms with E-state index in [9.17, 15) is 4.79 Å². The van der Waals surface area contributed by atoms with Crippen LogP contribution in [-0.2, 0) is 0 Å². The summed E-state index contributed by atoms with van der Waals surface area (Å²) in [6, 6.07) is 11.7. The van der Waals surface area contributed by atoms with Gasteiger partial charge in [-0.25, -0.2) is 4.79 Å². The molecule has 0 heterocycles. The lowest BCUT2D eigenvalue weighted by molar-refractivity contribution is 0.0694. The molecule has 92 valence electrons. The van der Waals surface area contributed by atoms with Crippen LogP contribution in [0.2, 0.25) is 5.02 Å². The molecule has 3 nitrogen and oxygen atoms in total. The Kier molecular flexibility index (Phi) is 3.89. The first-order valence-electron chi connectivity index (χ1n) is 5.03. The fraction of sp³-hybridized carbons (Fsp3) is 0. The number of para-hydroxylation sites is 1. The maximum atomic E-state index is 11.1. The van der Waals surface area contributed by atoms with Gasteiger partial charge in [0.1, 0.15) is 17.1 Å². The van der Waals surface area contributed by atoms with Crippen molar-refractivity contribution in [2.45, 2.75) is 0 Å². The highest BCUT2D eigenvalue weighted by Crippen LogP contribution is 2.32. The Morgan fingerprint density at radius 1 is 1.17 bits per heavy atom. The van der Waals surface area contributed by atoms with Gasteiger partial charge in [-0.15, -0.1) is 0 Å². The van der Waals surface area contributed by atoms with Crippen LogP contribution in [0.3, 0.4) is 0 Å². The van der Waals surface area contributed by atoms with Crippen LogP contribution in [0.4, 0.5) is 0 Å². The first kappa shape index (κ1) is 12.9. The summed E-state index contributed by atoms with van der Waals surface area (Å²) in [6.07, 6.45) is 0. The van der Waals surface area contributed by atoms with Gasteiger partial charge >= 0.3 is 5.97 Å². The molecule has 0 aliphatic rings. The summed E-state index contributed by atoms with van der Waals surface area (Å²) in [5.41, 5.74) is 0.0734. The molecule has 0 aliphatic heterocycles. The van der Waals surface area contributed by atoms with Gasteiger partial charge in [0.05, 0.1) is 5.02 Å². The monoisotopic (exact) mass is 326 g/mol. The fourth-order valence-corrected chi connectivity index (χ4v) is 1.94. The van der Waals surface area contributed by atoms with Crippen LogP contribution in [0.1, 0.15) is 10.4 Å². The van der Waals surface area contributed by atoms with Gasteiger partial charge in [0.2, 0.25) is 0 Å². The molecule has 5 heteroatoms. The largest absolute Gasteiger partial charge is 0.478 e. The van der Waals surface area contributed by atoms with Crippen LogP contribution in [0.15, 0.2) is 46.9 Å². The first-order chi connectivity index (χ1) is 8.58. The minimum absolute atomic E-state index is 0.0734. The minimum Gasteiger partial charge on any atom is -0.478 e. The van der Waals surface area contributed by atoms with Crippen LogP contribution in [0.25, 0.3) is 0 Å². The number of benzene rings is 2. The summed E-state index contributed by atoms with van der Waals surface area (Å²) in [6.45, 7) is 0. The van der Waals surface area contributed by atoms with Gasteiger partial charge in [-0.2, -0.15) is 0 Å². The number of ether oxygens (including phenoxy) is 1. The minimum atomic E-state index is -1.06. The molecule has 0 amide bonds. The van der Waals surface area contributed by atoms with Gasteiger partial charge in [-0.05, 0) is 30.3 Å². The number of halogens is 2. The molecule has 0 atom stereocenters. The zero-order valence-electron chi connectivity index (χ0n) is 9.06. The molecule has 0 saturated heterocycles. The maximum absolute atomic E-state index is 11.1. The molecule has 0 fully saturated rings. The number of carboxylic acid groups (broad SMARTS) is 1. The highest BCUT2D eigenvalue weighted by molar-refractivity contribution is 9.10. The van der Waals surface area contributed by atoms with E-state index in [4.69, 9.17) is 21.4 Å². The highest BCUT2D eigenvalue weighted by atomic mass is 79.9. The summed E-state index contributed by atoms with van der Waals surface area (Å²) in [4.78, 5) is 11.1. The number of hydrogen-bond acceptors (Lipinski definition) is 2. The number of aromatic carboxylic acids is 1. The Hall–Kier alpha value is -1.52. The van der Waals surface area contributed by atoms with E-state index in [0.717, 1.165) is 0 Å². The van der Waals surface area contributed by atoms with Crippen LogP contribution >= 0.6 is 27.5 Å². The van der Waals surface area contributed by atoms with Crippen molar-refractivity contribution < 1.29 is 14.6 Å². The molecule has 2 aromatic rings. The Morgan fingerprint density at radius 3 is 2.56 bits per heavy atom. The van der Waals surface area contributed by atoms with Gasteiger partial charge in [0, 0.05) is 4.47 Å². The summed E-state index contributed by atoms with van der Waals surface area (Å²) >= 11 is 9.18. The van der Waals surface area contributed by atoms with Crippen molar-refractivity contribution in [3.8, 4) is 11.5 Å². The lowest BCUT2D eigenvalue weighted by Crippen LogP contribution is -2.00. The Morgan fingerprint density at radius 2 is 1.89 bits per heavy atom. The summed E-state index contributed by atoms with van der Waals surface area (Å²) in [7, 11) is 0. The van der Waals surface area contributed by atoms with E-state index in [-0.39, 0.29) is 11.3 Å². The topological polar surface area (TPSA) is 46.5 Å². The first-order valence-corrected chi connectivity index (χ1v) is 6.20. The van der Waals surface area contributed by atoms with E-state index in [2.05, 4.69) is 15.9 Å². The van der Waals surface area contributed by atoms with Crippen LogP contribution in [-0.4, -0.2) is 11.1 Å². The van der Waals surface area contributed by atoms with E-state index in [1.807, 2.05) is 0 Å². The molecule has 2 rings (SSSR count). The molecule has 0 aliphatic carbocycles. The smallest absolute Gasteiger partial charge is 0.339 e. The molecule has 0 spiro atoms. The number of carbonyl (C=O) groups is 1. The van der Waals surface area contributed by atoms with E-state index in [1.165, 1.54) is 6.07 Å². The van der Waals surface area contributed by atoms with Crippen molar-refractivity contribution in [3.05, 3.63) is 57.5 Å². The van der Waals surface area contributed by atoms with E-state index < -0.39 is 5.97 Å². The molecule has 0 radical (unpaired) electrons. The number of rotatable bonds is 3. The maximum Gasteiger partial charge on any atom is 0.339 e. The van der Waals surface area contributed by atoms with Crippen LogP contribution in [0, 0.1) is 0 Å². The zero-order chi connectivity index (χ0) is 13.1. The second kappa shape index (κ2) is 5.42. The normalized spacial score (nSPS) is 10.1. The number of hydrogen-bond donors (Lipinski definition) is 1. The molecular weight excluding hydrogens is 319 g/mol. The van der Waals surface area contributed by atoms with Crippen molar-refractivity contribution >= 4 is 33.5 Å². The average Bonchev–Trinajstić information content (AvgIpc) is 2.34. The molecule has 2 aromatic carbocycles. The molecule has 0 saturated carbocycles. The summed E-state index contributed by atoms with van der Waals surface area (Å²) in [5.74, 6) is -0.388. The Bertz CT molecular complexity index is 599. The lowest BCUT2D eigenvalue weighted by atomic mass is 10.2. The third-order valence-corrected chi connectivity index (χ3v) is 3.03. The summed E-state index contributed by atoms with van der Waals surface area (Å²) < 4.78 is 6.20. The lowest BCUT2D eigenvalue weighted by Gasteiger charge is -2.10. The zero-order valence-corrected chi connectivity index (χ0v) is 11.4.